The molecular formula is C18H26N4O5S. The third kappa shape index (κ3) is 3.12. The highest BCUT2D eigenvalue weighted by Crippen LogP contribution is 2.51. The van der Waals surface area contributed by atoms with Gasteiger partial charge in [0.05, 0.1) is 30.1 Å². The van der Waals surface area contributed by atoms with Gasteiger partial charge in [-0.3, -0.25) is 9.59 Å². The van der Waals surface area contributed by atoms with Crippen molar-refractivity contribution in [2.24, 2.45) is 11.8 Å². The summed E-state index contributed by atoms with van der Waals surface area (Å²) in [4.78, 5) is 38.6. The average molecular weight is 410 g/mol. The first-order chi connectivity index (χ1) is 13.3. The van der Waals surface area contributed by atoms with Gasteiger partial charge in [-0.25, -0.2) is 4.79 Å². The van der Waals surface area contributed by atoms with Crippen molar-refractivity contribution in [3.63, 3.8) is 0 Å². The monoisotopic (exact) mass is 410 g/mol. The molecule has 10 heteroatoms. The number of carbonyl (C=O) groups excluding carboxylic acids is 2. The number of fused-ring (bicyclic) bond motifs is 1. The summed E-state index contributed by atoms with van der Waals surface area (Å²) in [6.45, 7) is 5.67. The molecule has 4 rings (SSSR count). The van der Waals surface area contributed by atoms with Crippen LogP contribution in [0.2, 0.25) is 0 Å². The van der Waals surface area contributed by atoms with E-state index in [0.29, 0.717) is 17.9 Å². The van der Waals surface area contributed by atoms with Crippen molar-refractivity contribution in [3.8, 4) is 0 Å². The standard InChI is InChI=1S/C18H26N4O5S/c1-7-13-12(8(2)23)17(25)22(13)14(18(26)27)15(7)28-10-3-11(20-6-10)16(24)21-9-4-19-5-9/h7-13,19-20,23H,3-6H2,1-2H3,(H,21,24)(H,26,27)/t7-,8-,10+,11+,12-,13-/m1/s1. The van der Waals surface area contributed by atoms with E-state index in [2.05, 4.69) is 16.0 Å². The van der Waals surface area contributed by atoms with Gasteiger partial charge >= 0.3 is 5.97 Å². The molecule has 0 aliphatic carbocycles. The molecule has 0 aromatic heterocycles. The van der Waals surface area contributed by atoms with Crippen LogP contribution in [0.5, 0.6) is 0 Å². The minimum atomic E-state index is -1.12. The Morgan fingerprint density at radius 1 is 1.32 bits per heavy atom. The second-order valence-electron chi connectivity index (χ2n) is 8.07. The van der Waals surface area contributed by atoms with Gasteiger partial charge in [-0.15, -0.1) is 11.8 Å². The molecule has 0 unspecified atom stereocenters. The van der Waals surface area contributed by atoms with E-state index in [0.717, 1.165) is 13.1 Å². The van der Waals surface area contributed by atoms with Gasteiger partial charge in [0.25, 0.3) is 0 Å². The summed E-state index contributed by atoms with van der Waals surface area (Å²) >= 11 is 1.45. The maximum atomic E-state index is 12.4. The molecule has 0 radical (unpaired) electrons. The molecule has 0 spiro atoms. The number of nitrogens with zero attached hydrogens (tertiary/aromatic N) is 1. The number of aliphatic hydroxyl groups excluding tert-OH is 1. The highest BCUT2D eigenvalue weighted by molar-refractivity contribution is 8.03. The fourth-order valence-electron chi connectivity index (χ4n) is 4.54. The normalized spacial score (nSPS) is 36.0. The molecule has 3 saturated heterocycles. The van der Waals surface area contributed by atoms with E-state index in [1.165, 1.54) is 16.7 Å². The van der Waals surface area contributed by atoms with Crippen LogP contribution < -0.4 is 16.0 Å². The van der Waals surface area contributed by atoms with Gasteiger partial charge in [0.15, 0.2) is 0 Å². The lowest BCUT2D eigenvalue weighted by molar-refractivity contribution is -0.163. The predicted molar refractivity (Wildman–Crippen MR) is 102 cm³/mol. The van der Waals surface area contributed by atoms with Crippen molar-refractivity contribution < 1.29 is 24.6 Å². The van der Waals surface area contributed by atoms with Crippen molar-refractivity contribution in [2.75, 3.05) is 19.6 Å². The van der Waals surface area contributed by atoms with Gasteiger partial charge in [0.2, 0.25) is 11.8 Å². The van der Waals surface area contributed by atoms with E-state index in [1.807, 2.05) is 6.92 Å². The fraction of sp³-hybridized carbons (Fsp3) is 0.722. The first-order valence-electron chi connectivity index (χ1n) is 9.69. The Morgan fingerprint density at radius 2 is 2.04 bits per heavy atom. The maximum Gasteiger partial charge on any atom is 0.353 e. The van der Waals surface area contributed by atoms with Crippen LogP contribution in [0.25, 0.3) is 0 Å². The van der Waals surface area contributed by atoms with Crippen LogP contribution >= 0.6 is 11.8 Å². The molecule has 4 aliphatic heterocycles. The first-order valence-corrected chi connectivity index (χ1v) is 10.6. The third-order valence-corrected chi connectivity index (χ3v) is 7.65. The number of rotatable bonds is 6. The summed E-state index contributed by atoms with van der Waals surface area (Å²) in [5, 5.41) is 29.0. The summed E-state index contributed by atoms with van der Waals surface area (Å²) in [6, 6.07) is -0.405. The number of thioether (sulfide) groups is 1. The Labute approximate surface area is 167 Å². The molecule has 154 valence electrons. The van der Waals surface area contributed by atoms with Crippen LogP contribution in [0.1, 0.15) is 20.3 Å². The number of amides is 2. The van der Waals surface area contributed by atoms with Crippen LogP contribution in [0.3, 0.4) is 0 Å². The molecule has 6 atom stereocenters. The number of nitrogens with one attached hydrogen (secondary N) is 3. The topological polar surface area (TPSA) is 131 Å². The van der Waals surface area contributed by atoms with E-state index in [4.69, 9.17) is 0 Å². The third-order valence-electron chi connectivity index (χ3n) is 6.14. The quantitative estimate of drug-likeness (QED) is 0.341. The highest BCUT2D eigenvalue weighted by Gasteiger charge is 2.60. The minimum absolute atomic E-state index is 0.0188. The smallest absolute Gasteiger partial charge is 0.353 e. The SMILES string of the molecule is C[C@@H](O)[C@H]1C(=O)N2C(C(=O)O)=C(S[C@@H]3CN[C@H](C(=O)NC4CNC4)C3)[C@H](C)[C@H]12. The summed E-state index contributed by atoms with van der Waals surface area (Å²) in [7, 11) is 0. The van der Waals surface area contributed by atoms with Crippen molar-refractivity contribution in [3.05, 3.63) is 10.6 Å². The summed E-state index contributed by atoms with van der Waals surface area (Å²) < 4.78 is 0. The summed E-state index contributed by atoms with van der Waals surface area (Å²) in [5.74, 6) is -2.17. The van der Waals surface area contributed by atoms with E-state index < -0.39 is 18.0 Å². The molecule has 28 heavy (non-hydrogen) atoms. The van der Waals surface area contributed by atoms with Crippen LogP contribution in [-0.4, -0.2) is 82.0 Å². The zero-order chi connectivity index (χ0) is 20.2. The minimum Gasteiger partial charge on any atom is -0.477 e. The van der Waals surface area contributed by atoms with Gasteiger partial charge < -0.3 is 31.1 Å². The van der Waals surface area contributed by atoms with Crippen LogP contribution in [0.4, 0.5) is 0 Å². The summed E-state index contributed by atoms with van der Waals surface area (Å²) in [6.07, 6.45) is -0.198. The largest absolute Gasteiger partial charge is 0.477 e. The highest BCUT2D eigenvalue weighted by atomic mass is 32.2. The Bertz CT molecular complexity index is 737. The Balaban J connectivity index is 1.44. The van der Waals surface area contributed by atoms with Crippen molar-refractivity contribution in [1.29, 1.82) is 0 Å². The van der Waals surface area contributed by atoms with Crippen molar-refractivity contribution in [2.45, 2.75) is 49.7 Å². The summed E-state index contributed by atoms with van der Waals surface area (Å²) in [5.41, 5.74) is 0.0397. The molecule has 5 N–H and O–H groups in total. The molecule has 0 aromatic rings. The van der Waals surface area contributed by atoms with Gasteiger partial charge in [-0.2, -0.15) is 0 Å². The second-order valence-corrected chi connectivity index (χ2v) is 9.41. The molecule has 0 aromatic carbocycles. The van der Waals surface area contributed by atoms with Crippen LogP contribution in [-0.2, 0) is 14.4 Å². The van der Waals surface area contributed by atoms with Gasteiger partial charge in [-0.05, 0) is 13.3 Å². The van der Waals surface area contributed by atoms with E-state index in [-0.39, 0.29) is 46.8 Å². The number of aliphatic carboxylic acids is 1. The van der Waals surface area contributed by atoms with Crippen molar-refractivity contribution in [1.82, 2.24) is 20.9 Å². The molecule has 4 aliphatic rings. The van der Waals surface area contributed by atoms with Crippen molar-refractivity contribution >= 4 is 29.5 Å². The first kappa shape index (κ1) is 19.7. The molecule has 9 nitrogen and oxygen atoms in total. The number of carboxylic acid groups (broad SMARTS) is 1. The van der Waals surface area contributed by atoms with Gasteiger partial charge in [-0.1, -0.05) is 6.92 Å². The molecule has 2 amide bonds. The molecule has 0 saturated carbocycles. The van der Waals surface area contributed by atoms with Crippen LogP contribution in [0, 0.1) is 11.8 Å². The number of aliphatic hydroxyl groups is 1. The molecule has 0 bridgehead atoms. The average Bonchev–Trinajstić information content (AvgIpc) is 3.14. The van der Waals surface area contributed by atoms with Gasteiger partial charge in [0, 0.05) is 35.7 Å². The van der Waals surface area contributed by atoms with E-state index >= 15 is 0 Å². The number of hydrogen-bond acceptors (Lipinski definition) is 7. The predicted octanol–water partition coefficient (Wildman–Crippen LogP) is -1.31. The van der Waals surface area contributed by atoms with Gasteiger partial charge in [0.1, 0.15) is 5.70 Å². The number of hydrogen-bond donors (Lipinski definition) is 5. The second kappa shape index (κ2) is 7.33. The molecular weight excluding hydrogens is 384 g/mol. The Kier molecular flexibility index (Phi) is 5.15. The Morgan fingerprint density at radius 3 is 2.61 bits per heavy atom. The van der Waals surface area contributed by atoms with E-state index in [1.54, 1.807) is 6.92 Å². The van der Waals surface area contributed by atoms with Crippen LogP contribution in [0.15, 0.2) is 10.6 Å². The fourth-order valence-corrected chi connectivity index (χ4v) is 6.02. The molecule has 4 heterocycles. The zero-order valence-electron chi connectivity index (χ0n) is 15.8. The lowest BCUT2D eigenvalue weighted by Crippen LogP contribution is -2.63. The number of carboxylic acids is 1. The zero-order valence-corrected chi connectivity index (χ0v) is 16.7. The molecule has 3 fully saturated rings. The van der Waals surface area contributed by atoms with E-state index in [9.17, 15) is 24.6 Å². The number of β-lactam (4-membered cyclic amide) rings is 1. The maximum absolute atomic E-state index is 12.4. The lowest BCUT2D eigenvalue weighted by Gasteiger charge is -2.46. The number of carbonyl (C=O) groups is 3. The lowest BCUT2D eigenvalue weighted by atomic mass is 9.79. The Hall–Kier alpha value is -1.62.